The highest BCUT2D eigenvalue weighted by Crippen LogP contribution is 2.25. The van der Waals surface area contributed by atoms with Gasteiger partial charge in [0.05, 0.1) is 10.9 Å². The van der Waals surface area contributed by atoms with E-state index in [4.69, 9.17) is 9.47 Å². The number of esters is 1. The Morgan fingerprint density at radius 2 is 1.93 bits per heavy atom. The minimum Gasteiger partial charge on any atom is -0.489 e. The van der Waals surface area contributed by atoms with Crippen molar-refractivity contribution in [2.45, 2.75) is 38.5 Å². The van der Waals surface area contributed by atoms with Crippen LogP contribution >= 0.6 is 11.8 Å². The highest BCUT2D eigenvalue weighted by atomic mass is 32.2. The Balaban J connectivity index is 1.64. The number of imide groups is 1. The van der Waals surface area contributed by atoms with Crippen molar-refractivity contribution in [3.63, 3.8) is 0 Å². The summed E-state index contributed by atoms with van der Waals surface area (Å²) in [6, 6.07) is 11.1. The van der Waals surface area contributed by atoms with Gasteiger partial charge in [-0.2, -0.15) is 0 Å². The van der Waals surface area contributed by atoms with Gasteiger partial charge in [0.25, 0.3) is 5.24 Å². The van der Waals surface area contributed by atoms with E-state index < -0.39 is 17.3 Å². The number of nitrogens with zero attached hydrogens (tertiary/aromatic N) is 1. The van der Waals surface area contributed by atoms with Crippen LogP contribution in [0.3, 0.4) is 0 Å². The van der Waals surface area contributed by atoms with Gasteiger partial charge in [0.2, 0.25) is 5.91 Å². The molecule has 0 spiro atoms. The molecule has 8 heteroatoms. The fourth-order valence-electron chi connectivity index (χ4n) is 3.05. The zero-order valence-electron chi connectivity index (χ0n) is 16.4. The van der Waals surface area contributed by atoms with Gasteiger partial charge in [-0.25, -0.2) is 0 Å². The molecular weight excluding hydrogens is 392 g/mol. The predicted molar refractivity (Wildman–Crippen MR) is 109 cm³/mol. The average molecular weight is 414 g/mol. The van der Waals surface area contributed by atoms with Crippen molar-refractivity contribution in [3.8, 4) is 5.75 Å². The lowest BCUT2D eigenvalue weighted by atomic mass is 10.1. The average Bonchev–Trinajstić information content (AvgIpc) is 2.95. The van der Waals surface area contributed by atoms with Crippen LogP contribution in [0, 0.1) is 13.8 Å². The number of amides is 2. The molecule has 29 heavy (non-hydrogen) atoms. The van der Waals surface area contributed by atoms with Gasteiger partial charge in [-0.15, -0.1) is 0 Å². The maximum Gasteiger partial charge on any atom is 0.303 e. The van der Waals surface area contributed by atoms with Crippen molar-refractivity contribution in [2.75, 3.05) is 6.61 Å². The summed E-state index contributed by atoms with van der Waals surface area (Å²) in [5.41, 5.74) is 3.44. The van der Waals surface area contributed by atoms with Crippen LogP contribution in [0.4, 0.5) is 4.79 Å². The molecule has 1 aliphatic heterocycles. The van der Waals surface area contributed by atoms with Crippen LogP contribution in [-0.2, 0) is 20.7 Å². The van der Waals surface area contributed by atoms with Crippen molar-refractivity contribution in [3.05, 3.63) is 58.9 Å². The van der Waals surface area contributed by atoms with Crippen LogP contribution in [0.5, 0.6) is 5.75 Å². The molecule has 7 nitrogen and oxygen atoms in total. The molecule has 2 amide bonds. The molecule has 2 aromatic rings. The van der Waals surface area contributed by atoms with Crippen LogP contribution in [0.2, 0.25) is 0 Å². The molecule has 0 aliphatic carbocycles. The quantitative estimate of drug-likeness (QED) is 0.695. The number of rotatable bonds is 7. The van der Waals surface area contributed by atoms with Gasteiger partial charge in [-0.3, -0.25) is 24.7 Å². The van der Waals surface area contributed by atoms with E-state index in [1.54, 1.807) is 12.1 Å². The molecule has 0 saturated carbocycles. The van der Waals surface area contributed by atoms with Gasteiger partial charge in [0.1, 0.15) is 12.4 Å². The molecule has 0 radical (unpaired) electrons. The van der Waals surface area contributed by atoms with Gasteiger partial charge in [0.15, 0.2) is 6.10 Å². The molecule has 0 bridgehead atoms. The molecule has 3 rings (SSSR count). The fourth-order valence-corrected chi connectivity index (χ4v) is 3.91. The third-order valence-electron chi connectivity index (χ3n) is 4.27. The number of thioether (sulfide) groups is 1. The molecule has 1 N–H and O–H groups in total. The second-order valence-electron chi connectivity index (χ2n) is 6.85. The standard InChI is InChI=1S/C21H22N2O5S/c1-12-8-13(2)22-17(9-12)18(28-14(3)24)11-27-16-6-4-15(5-7-16)10-19-20(25)23-21(26)29-19/h4-9,18-19H,10-11H2,1-3H3,(H,23,25,26). The predicted octanol–water partition coefficient (Wildman–Crippen LogP) is 3.28. The number of nitrogens with one attached hydrogen (secondary N) is 1. The number of pyridine rings is 1. The first kappa shape index (κ1) is 20.9. The fraction of sp³-hybridized carbons (Fsp3) is 0.333. The highest BCUT2D eigenvalue weighted by Gasteiger charge is 2.31. The summed E-state index contributed by atoms with van der Waals surface area (Å²) < 4.78 is 11.2. The number of carbonyl (C=O) groups is 3. The Labute approximate surface area is 173 Å². The first-order chi connectivity index (χ1) is 13.8. The Morgan fingerprint density at radius 1 is 1.21 bits per heavy atom. The van der Waals surface area contributed by atoms with Crippen LogP contribution in [0.1, 0.15) is 35.5 Å². The van der Waals surface area contributed by atoms with Gasteiger partial charge in [-0.05, 0) is 55.7 Å². The van der Waals surface area contributed by atoms with E-state index in [0.29, 0.717) is 17.9 Å². The first-order valence-electron chi connectivity index (χ1n) is 9.16. The Morgan fingerprint density at radius 3 is 2.52 bits per heavy atom. The molecule has 1 fully saturated rings. The molecule has 1 aromatic carbocycles. The van der Waals surface area contributed by atoms with E-state index in [1.165, 1.54) is 6.92 Å². The highest BCUT2D eigenvalue weighted by molar-refractivity contribution is 8.15. The number of carbonyl (C=O) groups excluding carboxylic acids is 3. The number of aromatic nitrogens is 1. The molecule has 152 valence electrons. The lowest BCUT2D eigenvalue weighted by Gasteiger charge is -2.18. The zero-order chi connectivity index (χ0) is 21.0. The number of benzene rings is 1. The lowest BCUT2D eigenvalue weighted by molar-refractivity contribution is -0.148. The summed E-state index contributed by atoms with van der Waals surface area (Å²) in [5.74, 6) is -0.0582. The monoisotopic (exact) mass is 414 g/mol. The summed E-state index contributed by atoms with van der Waals surface area (Å²) >= 11 is 1.01. The first-order valence-corrected chi connectivity index (χ1v) is 10.0. The minimum absolute atomic E-state index is 0.129. The lowest BCUT2D eigenvalue weighted by Crippen LogP contribution is -2.25. The number of hydrogen-bond donors (Lipinski definition) is 1. The summed E-state index contributed by atoms with van der Waals surface area (Å²) in [6.45, 7) is 5.33. The minimum atomic E-state index is -0.615. The van der Waals surface area contributed by atoms with E-state index in [0.717, 1.165) is 28.6 Å². The van der Waals surface area contributed by atoms with Gasteiger partial charge < -0.3 is 9.47 Å². The van der Waals surface area contributed by atoms with E-state index in [1.807, 2.05) is 38.1 Å². The topological polar surface area (TPSA) is 94.6 Å². The van der Waals surface area contributed by atoms with Gasteiger partial charge in [0, 0.05) is 12.6 Å². The zero-order valence-corrected chi connectivity index (χ0v) is 17.2. The third-order valence-corrected chi connectivity index (χ3v) is 5.25. The molecular formula is C21H22N2O5S. The normalized spacial score (nSPS) is 17.0. The van der Waals surface area contributed by atoms with Crippen LogP contribution < -0.4 is 10.1 Å². The SMILES string of the molecule is CC(=O)OC(COc1ccc(CC2SC(=O)NC2=O)cc1)c1cc(C)cc(C)n1. The van der Waals surface area contributed by atoms with Crippen LogP contribution in [0.25, 0.3) is 0 Å². The van der Waals surface area contributed by atoms with E-state index in [-0.39, 0.29) is 17.8 Å². The van der Waals surface area contributed by atoms with Crippen molar-refractivity contribution in [1.29, 1.82) is 0 Å². The maximum absolute atomic E-state index is 11.7. The summed E-state index contributed by atoms with van der Waals surface area (Å²) in [6.07, 6.45) is -0.152. The molecule has 2 heterocycles. The molecule has 1 aliphatic rings. The Hall–Kier alpha value is -2.87. The summed E-state index contributed by atoms with van der Waals surface area (Å²) in [4.78, 5) is 38.9. The summed E-state index contributed by atoms with van der Waals surface area (Å²) in [5, 5.41) is 1.57. The molecule has 1 aromatic heterocycles. The molecule has 1 saturated heterocycles. The van der Waals surface area contributed by atoms with Crippen molar-refractivity contribution < 1.29 is 23.9 Å². The second kappa shape index (κ2) is 9.09. The Kier molecular flexibility index (Phi) is 6.53. The maximum atomic E-state index is 11.7. The van der Waals surface area contributed by atoms with Crippen LogP contribution in [-0.4, -0.2) is 34.0 Å². The number of ether oxygens (including phenoxy) is 2. The number of aryl methyl sites for hydroxylation is 2. The van der Waals surface area contributed by atoms with E-state index in [2.05, 4.69) is 10.3 Å². The largest absolute Gasteiger partial charge is 0.489 e. The van der Waals surface area contributed by atoms with Crippen molar-refractivity contribution >= 4 is 28.9 Å². The van der Waals surface area contributed by atoms with Crippen LogP contribution in [0.15, 0.2) is 36.4 Å². The molecule has 2 unspecified atom stereocenters. The van der Waals surface area contributed by atoms with E-state index >= 15 is 0 Å². The second-order valence-corrected chi connectivity index (χ2v) is 8.03. The Bertz CT molecular complexity index is 909. The third kappa shape index (κ3) is 5.80. The molecule has 2 atom stereocenters. The number of hydrogen-bond acceptors (Lipinski definition) is 7. The van der Waals surface area contributed by atoms with Gasteiger partial charge in [-0.1, -0.05) is 23.9 Å². The van der Waals surface area contributed by atoms with Gasteiger partial charge >= 0.3 is 5.97 Å². The summed E-state index contributed by atoms with van der Waals surface area (Å²) in [7, 11) is 0. The van der Waals surface area contributed by atoms with E-state index in [9.17, 15) is 14.4 Å². The van der Waals surface area contributed by atoms with Crippen molar-refractivity contribution in [2.24, 2.45) is 0 Å². The van der Waals surface area contributed by atoms with Crippen molar-refractivity contribution in [1.82, 2.24) is 10.3 Å². The smallest absolute Gasteiger partial charge is 0.303 e.